The quantitative estimate of drug-likeness (QED) is 0.436. The fraction of sp³-hybridized carbons (Fsp3) is 0.720. The van der Waals surface area contributed by atoms with E-state index < -0.39 is 11.6 Å². The Morgan fingerprint density at radius 1 is 0.857 bits per heavy atom. The molecule has 3 rings (SSSR count). The van der Waals surface area contributed by atoms with E-state index in [1.807, 2.05) is 0 Å². The van der Waals surface area contributed by atoms with Gasteiger partial charge in [-0.1, -0.05) is 57.9 Å². The summed E-state index contributed by atoms with van der Waals surface area (Å²) in [6, 6.07) is 4.79. The lowest BCUT2D eigenvalue weighted by atomic mass is 9.68. The van der Waals surface area contributed by atoms with Crippen LogP contribution in [0.25, 0.3) is 0 Å². The van der Waals surface area contributed by atoms with Crippen LogP contribution in [0.3, 0.4) is 0 Å². The van der Waals surface area contributed by atoms with Crippen LogP contribution in [0, 0.1) is 40.7 Å². The number of rotatable bonds is 7. The Hall–Kier alpha value is -1.43. The van der Waals surface area contributed by atoms with Crippen LogP contribution in [-0.4, -0.2) is 0 Å². The molecule has 0 atom stereocenters. The van der Waals surface area contributed by atoms with Gasteiger partial charge >= 0.3 is 0 Å². The van der Waals surface area contributed by atoms with E-state index in [1.165, 1.54) is 63.9 Å². The summed E-state index contributed by atoms with van der Waals surface area (Å²) < 4.78 is 28.3. The number of hydrogen-bond donors (Lipinski definition) is 0. The van der Waals surface area contributed by atoms with Crippen molar-refractivity contribution in [2.24, 2.45) is 17.8 Å². The zero-order chi connectivity index (χ0) is 19.9. The second-order valence-corrected chi connectivity index (χ2v) is 9.18. The average molecular weight is 388 g/mol. The normalized spacial score (nSPS) is 28.1. The molecule has 2 fully saturated rings. The zero-order valence-corrected chi connectivity index (χ0v) is 17.4. The number of nitrogens with zero attached hydrogens (tertiary/aromatic N) is 1. The molecule has 0 aliphatic heterocycles. The van der Waals surface area contributed by atoms with Crippen molar-refractivity contribution in [1.29, 1.82) is 5.26 Å². The van der Waals surface area contributed by atoms with Crippen molar-refractivity contribution in [3.8, 4) is 6.07 Å². The number of halogens is 2. The molecule has 0 N–H and O–H groups in total. The van der Waals surface area contributed by atoms with Crippen molar-refractivity contribution in [2.75, 3.05) is 0 Å². The maximum Gasteiger partial charge on any atom is 0.176 e. The SMILES string of the molecule is CCCCCCC1CCC(C2CCC(c3ccc(C#N)c(F)c3F)CC2)CC1. The van der Waals surface area contributed by atoms with E-state index in [0.717, 1.165) is 43.4 Å². The van der Waals surface area contributed by atoms with Crippen molar-refractivity contribution < 1.29 is 8.78 Å². The largest absolute Gasteiger partial charge is 0.203 e. The van der Waals surface area contributed by atoms with E-state index in [2.05, 4.69) is 6.92 Å². The summed E-state index contributed by atoms with van der Waals surface area (Å²) in [6.07, 6.45) is 16.6. The fourth-order valence-corrected chi connectivity index (χ4v) is 5.68. The number of hydrogen-bond acceptors (Lipinski definition) is 1. The number of nitriles is 1. The molecule has 0 unspecified atom stereocenters. The highest BCUT2D eigenvalue weighted by Crippen LogP contribution is 2.45. The summed E-state index contributed by atoms with van der Waals surface area (Å²) >= 11 is 0. The summed E-state index contributed by atoms with van der Waals surface area (Å²) in [5, 5.41) is 8.86. The van der Waals surface area contributed by atoms with Crippen molar-refractivity contribution in [2.45, 2.75) is 96.3 Å². The molecule has 2 aliphatic carbocycles. The first-order valence-electron chi connectivity index (χ1n) is 11.5. The first-order chi connectivity index (χ1) is 13.6. The highest BCUT2D eigenvalue weighted by molar-refractivity contribution is 5.36. The molecule has 0 saturated heterocycles. The van der Waals surface area contributed by atoms with Gasteiger partial charge in [-0.3, -0.25) is 0 Å². The monoisotopic (exact) mass is 387 g/mol. The third kappa shape index (κ3) is 5.13. The van der Waals surface area contributed by atoms with E-state index in [-0.39, 0.29) is 11.5 Å². The standard InChI is InChI=1S/C25H35F2N/c1-2-3-4-5-6-18-7-9-19(10-8-18)20-11-13-21(14-12-20)23-16-15-22(17-28)24(26)25(23)27/h15-16,18-21H,2-14H2,1H3. The van der Waals surface area contributed by atoms with Crippen molar-refractivity contribution in [3.63, 3.8) is 0 Å². The van der Waals surface area contributed by atoms with Crippen LogP contribution in [0.5, 0.6) is 0 Å². The first kappa shape index (κ1) is 21.3. The Bertz CT molecular complexity index is 662. The minimum Gasteiger partial charge on any atom is -0.203 e. The molecule has 1 aromatic rings. The molecule has 0 aromatic heterocycles. The lowest BCUT2D eigenvalue weighted by Gasteiger charge is -2.38. The van der Waals surface area contributed by atoms with Gasteiger partial charge in [0.1, 0.15) is 6.07 Å². The molecule has 2 aliphatic rings. The lowest BCUT2D eigenvalue weighted by Crippen LogP contribution is -2.25. The van der Waals surface area contributed by atoms with Gasteiger partial charge < -0.3 is 0 Å². The van der Waals surface area contributed by atoms with E-state index >= 15 is 0 Å². The number of benzene rings is 1. The van der Waals surface area contributed by atoms with Gasteiger partial charge in [0.25, 0.3) is 0 Å². The summed E-state index contributed by atoms with van der Waals surface area (Å²) in [6.45, 7) is 2.27. The molecular weight excluding hydrogens is 352 g/mol. The van der Waals surface area contributed by atoms with Crippen LogP contribution in [-0.2, 0) is 0 Å². The average Bonchev–Trinajstić information content (AvgIpc) is 2.74. The van der Waals surface area contributed by atoms with Gasteiger partial charge in [0.2, 0.25) is 0 Å². The van der Waals surface area contributed by atoms with E-state index in [9.17, 15) is 8.78 Å². The van der Waals surface area contributed by atoms with Crippen LogP contribution >= 0.6 is 0 Å². The second kappa shape index (κ2) is 10.4. The second-order valence-electron chi connectivity index (χ2n) is 9.18. The molecule has 3 heteroatoms. The Morgan fingerprint density at radius 3 is 2.11 bits per heavy atom. The minimum absolute atomic E-state index is 0.105. The molecule has 1 aromatic carbocycles. The molecule has 0 bridgehead atoms. The van der Waals surface area contributed by atoms with Crippen LogP contribution in [0.15, 0.2) is 12.1 Å². The van der Waals surface area contributed by atoms with Crippen molar-refractivity contribution in [3.05, 3.63) is 34.9 Å². The third-order valence-corrected chi connectivity index (χ3v) is 7.47. The first-order valence-corrected chi connectivity index (χ1v) is 11.5. The number of unbranched alkanes of at least 4 members (excludes halogenated alkanes) is 3. The van der Waals surface area contributed by atoms with E-state index in [1.54, 1.807) is 12.1 Å². The van der Waals surface area contributed by atoms with Gasteiger partial charge in [0.15, 0.2) is 11.6 Å². The lowest BCUT2D eigenvalue weighted by molar-refractivity contribution is 0.155. The van der Waals surface area contributed by atoms with Gasteiger partial charge in [0, 0.05) is 0 Å². The van der Waals surface area contributed by atoms with Crippen molar-refractivity contribution >= 4 is 0 Å². The molecule has 0 spiro atoms. The Labute approximate surface area is 169 Å². The zero-order valence-electron chi connectivity index (χ0n) is 17.4. The van der Waals surface area contributed by atoms with Crippen molar-refractivity contribution in [1.82, 2.24) is 0 Å². The van der Waals surface area contributed by atoms with Gasteiger partial charge in [-0.15, -0.1) is 0 Å². The highest BCUT2D eigenvalue weighted by atomic mass is 19.2. The van der Waals surface area contributed by atoms with Gasteiger partial charge in [-0.05, 0) is 73.8 Å². The summed E-state index contributed by atoms with van der Waals surface area (Å²) in [4.78, 5) is 0. The highest BCUT2D eigenvalue weighted by Gasteiger charge is 2.32. The van der Waals surface area contributed by atoms with Crippen LogP contribution in [0.2, 0.25) is 0 Å². The van der Waals surface area contributed by atoms with Crippen LogP contribution in [0.1, 0.15) is 107 Å². The minimum atomic E-state index is -0.973. The predicted octanol–water partition coefficient (Wildman–Crippen LogP) is 7.89. The Kier molecular flexibility index (Phi) is 7.89. The molecule has 0 heterocycles. The molecule has 28 heavy (non-hydrogen) atoms. The topological polar surface area (TPSA) is 23.8 Å². The van der Waals surface area contributed by atoms with Gasteiger partial charge in [-0.25, -0.2) is 8.78 Å². The maximum atomic E-state index is 14.4. The van der Waals surface area contributed by atoms with E-state index in [4.69, 9.17) is 5.26 Å². The summed E-state index contributed by atoms with van der Waals surface area (Å²) in [5.41, 5.74) is 0.284. The maximum absolute atomic E-state index is 14.4. The Balaban J connectivity index is 1.45. The van der Waals surface area contributed by atoms with E-state index in [0.29, 0.717) is 5.56 Å². The van der Waals surface area contributed by atoms with Gasteiger partial charge in [-0.2, -0.15) is 5.26 Å². The molecular formula is C25H35F2N. The summed E-state index contributed by atoms with van der Waals surface area (Å²) in [5.74, 6) is 0.887. The van der Waals surface area contributed by atoms with Crippen LogP contribution < -0.4 is 0 Å². The third-order valence-electron chi connectivity index (χ3n) is 7.47. The molecule has 0 amide bonds. The van der Waals surface area contributed by atoms with Crippen LogP contribution in [0.4, 0.5) is 8.78 Å². The summed E-state index contributed by atoms with van der Waals surface area (Å²) in [7, 11) is 0. The Morgan fingerprint density at radius 2 is 1.50 bits per heavy atom. The predicted molar refractivity (Wildman–Crippen MR) is 110 cm³/mol. The molecule has 0 radical (unpaired) electrons. The molecule has 2 saturated carbocycles. The smallest absolute Gasteiger partial charge is 0.176 e. The molecule has 1 nitrogen and oxygen atoms in total. The molecule has 154 valence electrons. The van der Waals surface area contributed by atoms with Gasteiger partial charge in [0.05, 0.1) is 5.56 Å². The fourth-order valence-electron chi connectivity index (χ4n) is 5.68.